The van der Waals surface area contributed by atoms with E-state index in [9.17, 15) is 14.7 Å². The number of carbonyl (C=O) groups is 2. The predicted molar refractivity (Wildman–Crippen MR) is 79.6 cm³/mol. The van der Waals surface area contributed by atoms with Crippen LogP contribution in [0, 0.1) is 0 Å². The van der Waals surface area contributed by atoms with Crippen LogP contribution < -0.4 is 0 Å². The lowest BCUT2D eigenvalue weighted by Gasteiger charge is -2.26. The second kappa shape index (κ2) is 6.79. The Bertz CT molecular complexity index is 477. The van der Waals surface area contributed by atoms with Crippen molar-refractivity contribution in [1.82, 2.24) is 4.90 Å². The summed E-state index contributed by atoms with van der Waals surface area (Å²) in [6, 6.07) is 9.13. The molecule has 1 aliphatic rings. The standard InChI is InChI=1S/C15H19NO3S/c1-2-14-16(12(10-20-14)15(18)19)13(17)9-8-11-6-4-3-5-7-11/h3-7,12,14H,2,8-10H2,1H3,(H,18,19). The molecule has 108 valence electrons. The van der Waals surface area contributed by atoms with Gasteiger partial charge in [-0.1, -0.05) is 37.3 Å². The van der Waals surface area contributed by atoms with Crippen LogP contribution in [0.4, 0.5) is 0 Å². The fraction of sp³-hybridized carbons (Fsp3) is 0.467. The summed E-state index contributed by atoms with van der Waals surface area (Å²) in [6.07, 6.45) is 1.81. The topological polar surface area (TPSA) is 57.6 Å². The van der Waals surface area contributed by atoms with Gasteiger partial charge in [0.15, 0.2) is 0 Å². The first-order valence-corrected chi connectivity index (χ1v) is 7.88. The summed E-state index contributed by atoms with van der Waals surface area (Å²) in [6.45, 7) is 1.99. The van der Waals surface area contributed by atoms with Gasteiger partial charge in [0.2, 0.25) is 5.91 Å². The first kappa shape index (κ1) is 14.9. The van der Waals surface area contributed by atoms with Crippen LogP contribution in [0.2, 0.25) is 0 Å². The molecule has 1 aromatic carbocycles. The van der Waals surface area contributed by atoms with Crippen molar-refractivity contribution in [1.29, 1.82) is 0 Å². The maximum absolute atomic E-state index is 12.4. The molecule has 2 rings (SSSR count). The average molecular weight is 293 g/mol. The molecule has 0 aromatic heterocycles. The Morgan fingerprint density at radius 1 is 1.35 bits per heavy atom. The Balaban J connectivity index is 2.00. The van der Waals surface area contributed by atoms with Gasteiger partial charge >= 0.3 is 5.97 Å². The number of rotatable bonds is 5. The van der Waals surface area contributed by atoms with E-state index in [0.717, 1.165) is 12.0 Å². The first-order chi connectivity index (χ1) is 9.63. The minimum Gasteiger partial charge on any atom is -0.480 e. The number of hydrogen-bond donors (Lipinski definition) is 1. The Morgan fingerprint density at radius 3 is 2.65 bits per heavy atom. The molecule has 1 saturated heterocycles. The molecule has 2 unspecified atom stereocenters. The van der Waals surface area contributed by atoms with E-state index in [1.54, 1.807) is 16.7 Å². The van der Waals surface area contributed by atoms with Crippen molar-refractivity contribution in [3.8, 4) is 0 Å². The maximum atomic E-state index is 12.4. The van der Waals surface area contributed by atoms with Crippen LogP contribution in [0.15, 0.2) is 30.3 Å². The van der Waals surface area contributed by atoms with Crippen molar-refractivity contribution in [3.63, 3.8) is 0 Å². The minimum absolute atomic E-state index is 0.000580. The molecule has 1 aliphatic heterocycles. The van der Waals surface area contributed by atoms with E-state index in [1.165, 1.54) is 0 Å². The fourth-order valence-electron chi connectivity index (χ4n) is 2.43. The van der Waals surface area contributed by atoms with Crippen LogP contribution in [-0.4, -0.2) is 39.1 Å². The Kier molecular flexibility index (Phi) is 5.06. The van der Waals surface area contributed by atoms with Gasteiger partial charge in [-0.2, -0.15) is 0 Å². The van der Waals surface area contributed by atoms with Gasteiger partial charge in [-0.25, -0.2) is 4.79 Å². The van der Waals surface area contributed by atoms with Crippen molar-refractivity contribution in [2.24, 2.45) is 0 Å². The molecule has 20 heavy (non-hydrogen) atoms. The third kappa shape index (κ3) is 3.33. The second-order valence-electron chi connectivity index (χ2n) is 4.84. The van der Waals surface area contributed by atoms with Crippen LogP contribution in [-0.2, 0) is 16.0 Å². The SMILES string of the molecule is CCC1SCC(C(=O)O)N1C(=O)CCc1ccccc1. The van der Waals surface area contributed by atoms with Crippen molar-refractivity contribution in [2.75, 3.05) is 5.75 Å². The Labute approximate surface area is 123 Å². The van der Waals surface area contributed by atoms with Gasteiger partial charge in [0, 0.05) is 12.2 Å². The van der Waals surface area contributed by atoms with Crippen LogP contribution in [0.3, 0.4) is 0 Å². The summed E-state index contributed by atoms with van der Waals surface area (Å²) in [7, 11) is 0. The molecule has 1 amide bonds. The highest BCUT2D eigenvalue weighted by Gasteiger charge is 2.40. The molecule has 1 N–H and O–H groups in total. The third-order valence-electron chi connectivity index (χ3n) is 3.49. The van der Waals surface area contributed by atoms with Gasteiger partial charge in [-0.15, -0.1) is 11.8 Å². The number of aryl methyl sites for hydroxylation is 1. The third-order valence-corrected chi connectivity index (χ3v) is 4.94. The lowest BCUT2D eigenvalue weighted by atomic mass is 10.1. The van der Waals surface area contributed by atoms with E-state index in [4.69, 9.17) is 0 Å². The summed E-state index contributed by atoms with van der Waals surface area (Å²) in [5, 5.41) is 9.22. The fourth-order valence-corrected chi connectivity index (χ4v) is 3.80. The highest BCUT2D eigenvalue weighted by Crippen LogP contribution is 2.32. The van der Waals surface area contributed by atoms with Crippen molar-refractivity contribution < 1.29 is 14.7 Å². The molecule has 0 spiro atoms. The van der Waals surface area contributed by atoms with Gasteiger partial charge in [-0.05, 0) is 18.4 Å². The van der Waals surface area contributed by atoms with Gasteiger partial charge in [0.05, 0.1) is 5.37 Å². The van der Waals surface area contributed by atoms with Gasteiger partial charge in [0.25, 0.3) is 0 Å². The first-order valence-electron chi connectivity index (χ1n) is 6.83. The average Bonchev–Trinajstić information content (AvgIpc) is 2.90. The number of benzene rings is 1. The minimum atomic E-state index is -0.901. The summed E-state index contributed by atoms with van der Waals surface area (Å²) in [5.74, 6) is -0.468. The van der Waals surface area contributed by atoms with E-state index in [2.05, 4.69) is 0 Å². The zero-order valence-electron chi connectivity index (χ0n) is 11.5. The van der Waals surface area contributed by atoms with E-state index in [1.807, 2.05) is 37.3 Å². The number of aliphatic carboxylic acids is 1. The Hall–Kier alpha value is -1.49. The molecule has 1 aromatic rings. The van der Waals surface area contributed by atoms with E-state index in [-0.39, 0.29) is 11.3 Å². The number of thioether (sulfide) groups is 1. The number of carboxylic acid groups (broad SMARTS) is 1. The van der Waals surface area contributed by atoms with Crippen LogP contribution in [0.1, 0.15) is 25.3 Å². The lowest BCUT2D eigenvalue weighted by molar-refractivity contribution is -0.149. The monoisotopic (exact) mass is 293 g/mol. The summed E-state index contributed by atoms with van der Waals surface area (Å²) >= 11 is 1.56. The number of hydrogen-bond acceptors (Lipinski definition) is 3. The lowest BCUT2D eigenvalue weighted by Crippen LogP contribution is -2.45. The van der Waals surface area contributed by atoms with Gasteiger partial charge < -0.3 is 10.0 Å². The van der Waals surface area contributed by atoms with Gasteiger partial charge in [0.1, 0.15) is 6.04 Å². The molecular formula is C15H19NO3S. The molecule has 0 saturated carbocycles. The molecule has 0 aliphatic carbocycles. The number of nitrogens with zero attached hydrogens (tertiary/aromatic N) is 1. The van der Waals surface area contributed by atoms with E-state index < -0.39 is 12.0 Å². The molecule has 0 bridgehead atoms. The summed E-state index contributed by atoms with van der Waals surface area (Å²) in [5.41, 5.74) is 1.10. The van der Waals surface area contributed by atoms with E-state index in [0.29, 0.717) is 18.6 Å². The summed E-state index contributed by atoms with van der Waals surface area (Å²) < 4.78 is 0. The van der Waals surface area contributed by atoms with Crippen molar-refractivity contribution in [2.45, 2.75) is 37.6 Å². The molecular weight excluding hydrogens is 274 g/mol. The predicted octanol–water partition coefficient (Wildman–Crippen LogP) is 2.38. The zero-order chi connectivity index (χ0) is 14.5. The van der Waals surface area contributed by atoms with Crippen LogP contribution in [0.25, 0.3) is 0 Å². The quantitative estimate of drug-likeness (QED) is 0.905. The molecule has 2 atom stereocenters. The maximum Gasteiger partial charge on any atom is 0.327 e. The van der Waals surface area contributed by atoms with Gasteiger partial charge in [-0.3, -0.25) is 4.79 Å². The van der Waals surface area contributed by atoms with E-state index >= 15 is 0 Å². The highest BCUT2D eigenvalue weighted by molar-refractivity contribution is 8.00. The number of carboxylic acids is 1. The van der Waals surface area contributed by atoms with Crippen molar-refractivity contribution >= 4 is 23.6 Å². The second-order valence-corrected chi connectivity index (χ2v) is 6.05. The number of carbonyl (C=O) groups excluding carboxylic acids is 1. The largest absolute Gasteiger partial charge is 0.480 e. The van der Waals surface area contributed by atoms with Crippen molar-refractivity contribution in [3.05, 3.63) is 35.9 Å². The zero-order valence-corrected chi connectivity index (χ0v) is 12.3. The molecule has 1 fully saturated rings. The summed E-state index contributed by atoms with van der Waals surface area (Å²) in [4.78, 5) is 25.2. The molecule has 5 heteroatoms. The highest BCUT2D eigenvalue weighted by atomic mass is 32.2. The normalized spacial score (nSPS) is 21.9. The van der Waals surface area contributed by atoms with Crippen LogP contribution in [0.5, 0.6) is 0 Å². The molecule has 4 nitrogen and oxygen atoms in total. The Morgan fingerprint density at radius 2 is 2.05 bits per heavy atom. The van der Waals surface area contributed by atoms with Crippen LogP contribution >= 0.6 is 11.8 Å². The smallest absolute Gasteiger partial charge is 0.327 e. The molecule has 1 heterocycles. The number of amides is 1. The molecule has 0 radical (unpaired) electrons.